The van der Waals surface area contributed by atoms with E-state index in [-0.39, 0.29) is 17.7 Å². The highest BCUT2D eigenvalue weighted by atomic mass is 16.5. The summed E-state index contributed by atoms with van der Waals surface area (Å²) in [5, 5.41) is 10.3. The Morgan fingerprint density at radius 1 is 1.09 bits per heavy atom. The second-order valence-corrected chi connectivity index (χ2v) is 8.67. The third-order valence-electron chi connectivity index (χ3n) is 6.11. The van der Waals surface area contributed by atoms with Crippen molar-refractivity contribution < 1.29 is 23.3 Å². The van der Waals surface area contributed by atoms with Crippen LogP contribution in [0.25, 0.3) is 22.4 Å². The Kier molecular flexibility index (Phi) is 6.08. The van der Waals surface area contributed by atoms with Gasteiger partial charge in [-0.15, -0.1) is 0 Å². The average Bonchev–Trinajstić information content (AvgIpc) is 3.58. The number of amides is 2. The molecule has 0 aliphatic carbocycles. The molecule has 5 rings (SSSR count). The lowest BCUT2D eigenvalue weighted by atomic mass is 10.0. The van der Waals surface area contributed by atoms with Crippen molar-refractivity contribution in [1.82, 2.24) is 15.5 Å². The maximum absolute atomic E-state index is 13.5. The number of nitrogens with one attached hydrogen (secondary N) is 2. The summed E-state index contributed by atoms with van der Waals surface area (Å²) in [6, 6.07) is 10.5. The molecular formula is C26H26N4O5. The van der Waals surface area contributed by atoms with Crippen LogP contribution in [0.3, 0.4) is 0 Å². The van der Waals surface area contributed by atoms with Crippen molar-refractivity contribution in [2.24, 2.45) is 0 Å². The number of ether oxygens (including phenoxy) is 1. The van der Waals surface area contributed by atoms with Gasteiger partial charge in [0.2, 0.25) is 0 Å². The maximum atomic E-state index is 13.5. The van der Waals surface area contributed by atoms with Gasteiger partial charge in [-0.1, -0.05) is 17.3 Å². The van der Waals surface area contributed by atoms with Crippen molar-refractivity contribution in [3.63, 3.8) is 0 Å². The molecule has 2 amide bonds. The molecule has 2 N–H and O–H groups in total. The van der Waals surface area contributed by atoms with Crippen LogP contribution in [0.5, 0.6) is 0 Å². The number of furan rings is 1. The van der Waals surface area contributed by atoms with E-state index in [9.17, 15) is 9.59 Å². The van der Waals surface area contributed by atoms with E-state index in [1.807, 2.05) is 19.9 Å². The first-order valence-electron chi connectivity index (χ1n) is 11.6. The molecule has 1 aliphatic heterocycles. The monoisotopic (exact) mass is 474 g/mol. The highest BCUT2D eigenvalue weighted by Gasteiger charge is 2.23. The predicted octanol–water partition coefficient (Wildman–Crippen LogP) is 4.57. The van der Waals surface area contributed by atoms with Crippen LogP contribution in [0, 0.1) is 20.8 Å². The summed E-state index contributed by atoms with van der Waals surface area (Å²) in [5.41, 5.74) is 3.22. The smallest absolute Gasteiger partial charge is 0.259 e. The summed E-state index contributed by atoms with van der Waals surface area (Å²) in [6.45, 7) is 6.59. The number of rotatable bonds is 6. The van der Waals surface area contributed by atoms with Gasteiger partial charge in [-0.25, -0.2) is 4.98 Å². The van der Waals surface area contributed by atoms with Crippen LogP contribution in [-0.2, 0) is 4.74 Å². The van der Waals surface area contributed by atoms with E-state index < -0.39 is 5.91 Å². The van der Waals surface area contributed by atoms with Crippen molar-refractivity contribution in [2.45, 2.75) is 39.7 Å². The number of benzene rings is 1. The van der Waals surface area contributed by atoms with Gasteiger partial charge < -0.3 is 24.3 Å². The minimum absolute atomic E-state index is 0.0239. The Morgan fingerprint density at radius 2 is 1.91 bits per heavy atom. The molecule has 1 atom stereocenters. The van der Waals surface area contributed by atoms with Crippen molar-refractivity contribution in [1.29, 1.82) is 0 Å². The number of nitrogens with zero attached hydrogens (tertiary/aromatic N) is 2. The van der Waals surface area contributed by atoms with Crippen molar-refractivity contribution in [3.05, 3.63) is 64.7 Å². The van der Waals surface area contributed by atoms with Crippen LogP contribution >= 0.6 is 0 Å². The minimum atomic E-state index is -0.401. The zero-order valence-electron chi connectivity index (χ0n) is 19.8. The molecule has 0 bridgehead atoms. The molecule has 1 saturated heterocycles. The van der Waals surface area contributed by atoms with E-state index in [0.717, 1.165) is 30.8 Å². The van der Waals surface area contributed by atoms with Gasteiger partial charge in [0.05, 0.1) is 39.7 Å². The molecule has 180 valence electrons. The van der Waals surface area contributed by atoms with Crippen LogP contribution in [0.15, 0.2) is 45.3 Å². The van der Waals surface area contributed by atoms with Crippen LogP contribution < -0.4 is 10.6 Å². The molecule has 9 heteroatoms. The number of carbonyl (C=O) groups is 2. The molecule has 1 aliphatic rings. The van der Waals surface area contributed by atoms with Gasteiger partial charge in [0.1, 0.15) is 11.5 Å². The summed E-state index contributed by atoms with van der Waals surface area (Å²) < 4.78 is 16.6. The number of pyridine rings is 1. The van der Waals surface area contributed by atoms with E-state index in [1.54, 1.807) is 37.3 Å². The van der Waals surface area contributed by atoms with Crippen molar-refractivity contribution in [2.75, 3.05) is 18.5 Å². The van der Waals surface area contributed by atoms with E-state index in [1.165, 1.54) is 0 Å². The molecule has 0 saturated carbocycles. The van der Waals surface area contributed by atoms with Crippen LogP contribution in [0.4, 0.5) is 5.69 Å². The Bertz CT molecular complexity index is 1410. The van der Waals surface area contributed by atoms with Crippen LogP contribution in [-0.4, -0.2) is 41.2 Å². The number of aryl methyl sites for hydroxylation is 3. The summed E-state index contributed by atoms with van der Waals surface area (Å²) in [7, 11) is 0. The molecular weight excluding hydrogens is 448 g/mol. The fourth-order valence-electron chi connectivity index (χ4n) is 4.38. The second-order valence-electron chi connectivity index (χ2n) is 8.67. The zero-order chi connectivity index (χ0) is 24.5. The van der Waals surface area contributed by atoms with Gasteiger partial charge in [-0.05, 0) is 57.9 Å². The topological polar surface area (TPSA) is 119 Å². The lowest BCUT2D eigenvalue weighted by Crippen LogP contribution is -2.32. The summed E-state index contributed by atoms with van der Waals surface area (Å²) in [6.07, 6.45) is 1.94. The standard InChI is InChI=1S/C26H26N4O5/c1-14-11-19(16(3)34-14)22-12-20(23-15(2)30-35-26(23)29-22)25(32)28-21-9-5-4-8-18(21)24(31)27-13-17-7-6-10-33-17/h4-5,8-9,11-12,17H,6-7,10,13H2,1-3H3,(H,27,31)(H,28,32). The Balaban J connectivity index is 1.46. The molecule has 1 fully saturated rings. The third-order valence-corrected chi connectivity index (χ3v) is 6.11. The van der Waals surface area contributed by atoms with E-state index in [2.05, 4.69) is 20.8 Å². The van der Waals surface area contributed by atoms with Gasteiger partial charge in [-0.3, -0.25) is 9.59 Å². The summed E-state index contributed by atoms with van der Waals surface area (Å²) in [5.74, 6) is 0.747. The second kappa shape index (κ2) is 9.34. The molecule has 35 heavy (non-hydrogen) atoms. The first-order valence-corrected chi connectivity index (χ1v) is 11.6. The molecule has 0 radical (unpaired) electrons. The molecule has 9 nitrogen and oxygen atoms in total. The fourth-order valence-corrected chi connectivity index (χ4v) is 4.38. The number of hydrogen-bond donors (Lipinski definition) is 2. The SMILES string of the molecule is Cc1cc(-c2cc(C(=O)Nc3ccccc3C(=O)NCC3CCCO3)c3c(C)noc3n2)c(C)o1. The number of hydrogen-bond acceptors (Lipinski definition) is 7. The van der Waals surface area contributed by atoms with Gasteiger partial charge in [-0.2, -0.15) is 0 Å². The van der Waals surface area contributed by atoms with Gasteiger partial charge in [0.25, 0.3) is 17.5 Å². The summed E-state index contributed by atoms with van der Waals surface area (Å²) >= 11 is 0. The number of aromatic nitrogens is 2. The van der Waals surface area contributed by atoms with Gasteiger partial charge in [0.15, 0.2) is 0 Å². The van der Waals surface area contributed by atoms with Crippen molar-refractivity contribution in [3.8, 4) is 11.3 Å². The predicted molar refractivity (Wildman–Crippen MR) is 129 cm³/mol. The Labute approximate surface area is 201 Å². The Morgan fingerprint density at radius 3 is 2.66 bits per heavy atom. The lowest BCUT2D eigenvalue weighted by Gasteiger charge is -2.14. The molecule has 4 aromatic rings. The first kappa shape index (κ1) is 22.8. The van der Waals surface area contributed by atoms with Crippen molar-refractivity contribution >= 4 is 28.6 Å². The minimum Gasteiger partial charge on any atom is -0.466 e. The molecule has 3 aromatic heterocycles. The van der Waals surface area contributed by atoms with E-state index >= 15 is 0 Å². The van der Waals surface area contributed by atoms with Crippen LogP contribution in [0.2, 0.25) is 0 Å². The highest BCUT2D eigenvalue weighted by molar-refractivity contribution is 6.15. The first-order chi connectivity index (χ1) is 16.9. The largest absolute Gasteiger partial charge is 0.466 e. The number of anilines is 1. The molecule has 0 spiro atoms. The maximum Gasteiger partial charge on any atom is 0.259 e. The average molecular weight is 475 g/mol. The number of para-hydroxylation sites is 1. The van der Waals surface area contributed by atoms with Crippen LogP contribution in [0.1, 0.15) is 50.8 Å². The normalized spacial score (nSPS) is 15.5. The zero-order valence-corrected chi connectivity index (χ0v) is 19.8. The quantitative estimate of drug-likeness (QED) is 0.420. The Hall–Kier alpha value is -3.98. The van der Waals surface area contributed by atoms with E-state index in [4.69, 9.17) is 13.7 Å². The molecule has 4 heterocycles. The summed E-state index contributed by atoms with van der Waals surface area (Å²) in [4.78, 5) is 30.9. The highest BCUT2D eigenvalue weighted by Crippen LogP contribution is 2.31. The number of carbonyl (C=O) groups excluding carboxylic acids is 2. The van der Waals surface area contributed by atoms with Gasteiger partial charge in [0, 0.05) is 18.7 Å². The molecule has 1 unspecified atom stereocenters. The van der Waals surface area contributed by atoms with Gasteiger partial charge >= 0.3 is 0 Å². The molecule has 1 aromatic carbocycles. The van der Waals surface area contributed by atoms with E-state index in [0.29, 0.717) is 45.9 Å². The number of fused-ring (bicyclic) bond motifs is 1. The lowest BCUT2D eigenvalue weighted by molar-refractivity contribution is 0.0858. The fraction of sp³-hybridized carbons (Fsp3) is 0.308. The third kappa shape index (κ3) is 4.54.